The molecule has 2 aromatic rings. The molecule has 0 radical (unpaired) electrons. The minimum absolute atomic E-state index is 0.0603. The summed E-state index contributed by atoms with van der Waals surface area (Å²) in [7, 11) is 0. The van der Waals surface area contributed by atoms with Crippen LogP contribution in [0.3, 0.4) is 0 Å². The van der Waals surface area contributed by atoms with Crippen LogP contribution in [0.1, 0.15) is 11.7 Å². The summed E-state index contributed by atoms with van der Waals surface area (Å²) in [5, 5.41) is 38.2. The lowest BCUT2D eigenvalue weighted by Gasteiger charge is -2.14. The van der Waals surface area contributed by atoms with Crippen molar-refractivity contribution in [2.45, 2.75) is 24.3 Å². The molecule has 1 fully saturated rings. The van der Waals surface area contributed by atoms with Crippen molar-refractivity contribution in [3.63, 3.8) is 0 Å². The average molecular weight is 282 g/mol. The van der Waals surface area contributed by atoms with E-state index >= 15 is 0 Å². The zero-order chi connectivity index (χ0) is 14.4. The lowest BCUT2D eigenvalue weighted by molar-refractivity contribution is 0.0191. The number of nitrogens with one attached hydrogen (secondary N) is 3. The Morgan fingerprint density at radius 2 is 2.00 bits per heavy atom. The first-order valence-electron chi connectivity index (χ1n) is 5.99. The number of rotatable bonds is 2. The number of nitrogen functional groups attached to an aromatic ring is 1. The van der Waals surface area contributed by atoms with Crippen LogP contribution in [0, 0.1) is 0 Å². The van der Waals surface area contributed by atoms with Crippen LogP contribution in [0.5, 0.6) is 0 Å². The molecule has 0 unspecified atom stereocenters. The second kappa shape index (κ2) is 4.52. The third-order valence-corrected chi connectivity index (χ3v) is 3.46. The summed E-state index contributed by atoms with van der Waals surface area (Å²) >= 11 is 0. The second-order valence-corrected chi connectivity index (χ2v) is 4.70. The highest BCUT2D eigenvalue weighted by Gasteiger charge is 2.43. The zero-order valence-corrected chi connectivity index (χ0v) is 10.2. The molecule has 0 amide bonds. The maximum absolute atomic E-state index is 11.7. The number of H-pyrrole nitrogens is 2. The van der Waals surface area contributed by atoms with E-state index in [1.165, 1.54) is 0 Å². The van der Waals surface area contributed by atoms with Gasteiger partial charge >= 0.3 is 0 Å². The Morgan fingerprint density at radius 3 is 2.65 bits per heavy atom. The van der Waals surface area contributed by atoms with Gasteiger partial charge in [-0.05, 0) is 0 Å². The van der Waals surface area contributed by atoms with E-state index < -0.39 is 29.9 Å². The monoisotopic (exact) mass is 282 g/mol. The first kappa shape index (κ1) is 13.0. The van der Waals surface area contributed by atoms with Gasteiger partial charge in [0.15, 0.2) is 5.52 Å². The van der Waals surface area contributed by atoms with Crippen LogP contribution in [0.15, 0.2) is 4.79 Å². The third kappa shape index (κ3) is 1.78. The summed E-state index contributed by atoms with van der Waals surface area (Å²) in [6.45, 7) is -0.336. The van der Waals surface area contributed by atoms with Crippen LogP contribution >= 0.6 is 0 Å². The van der Waals surface area contributed by atoms with Gasteiger partial charge in [-0.3, -0.25) is 20.2 Å². The lowest BCUT2D eigenvalue weighted by atomic mass is 10.1. The highest BCUT2D eigenvalue weighted by Crippen LogP contribution is 2.29. The van der Waals surface area contributed by atoms with E-state index in [0.717, 1.165) is 0 Å². The van der Waals surface area contributed by atoms with Gasteiger partial charge in [0.2, 0.25) is 5.95 Å². The molecule has 0 bridgehead atoms. The largest absolute Gasteiger partial charge is 0.395 e. The van der Waals surface area contributed by atoms with Crippen LogP contribution in [-0.4, -0.2) is 60.3 Å². The van der Waals surface area contributed by atoms with Gasteiger partial charge < -0.3 is 21.1 Å². The van der Waals surface area contributed by atoms with Crippen molar-refractivity contribution in [3.8, 4) is 0 Å². The smallest absolute Gasteiger partial charge is 0.280 e. The Balaban J connectivity index is 2.09. The molecule has 1 aliphatic rings. The van der Waals surface area contributed by atoms with Crippen molar-refractivity contribution >= 4 is 17.0 Å². The quantitative estimate of drug-likeness (QED) is 0.304. The van der Waals surface area contributed by atoms with Crippen LogP contribution in [0.4, 0.5) is 5.95 Å². The van der Waals surface area contributed by atoms with E-state index in [0.29, 0.717) is 5.69 Å². The number of nitrogens with two attached hydrogens (primary N) is 1. The zero-order valence-electron chi connectivity index (χ0n) is 10.2. The number of hydrogen-bond donors (Lipinski definition) is 7. The van der Waals surface area contributed by atoms with Gasteiger partial charge in [-0.25, -0.2) is 4.98 Å². The first-order valence-corrected chi connectivity index (χ1v) is 5.99. The lowest BCUT2D eigenvalue weighted by Crippen LogP contribution is -2.35. The molecule has 2 aromatic heterocycles. The average Bonchev–Trinajstić information content (AvgIpc) is 2.93. The Kier molecular flexibility index (Phi) is 2.94. The van der Waals surface area contributed by atoms with Crippen LogP contribution in [0.25, 0.3) is 11.0 Å². The first-order chi connectivity index (χ1) is 9.52. The normalized spacial score (nSPS) is 30.1. The summed E-state index contributed by atoms with van der Waals surface area (Å²) < 4.78 is 0. The van der Waals surface area contributed by atoms with Crippen LogP contribution in [-0.2, 0) is 0 Å². The molecule has 10 nitrogen and oxygen atoms in total. The second-order valence-electron chi connectivity index (χ2n) is 4.70. The Hall–Kier alpha value is -2.01. The summed E-state index contributed by atoms with van der Waals surface area (Å²) in [6.07, 6.45) is -2.30. The van der Waals surface area contributed by atoms with E-state index in [1.807, 2.05) is 0 Å². The number of aliphatic hydroxyl groups is 3. The molecular weight excluding hydrogens is 268 g/mol. The number of anilines is 1. The molecule has 0 spiro atoms. The minimum Gasteiger partial charge on any atom is -0.395 e. The van der Waals surface area contributed by atoms with Crippen molar-refractivity contribution in [1.82, 2.24) is 25.5 Å². The third-order valence-electron chi connectivity index (χ3n) is 3.46. The molecule has 20 heavy (non-hydrogen) atoms. The fraction of sp³-hybridized carbons (Fsp3) is 0.500. The molecule has 1 saturated heterocycles. The van der Waals surface area contributed by atoms with E-state index in [9.17, 15) is 15.0 Å². The predicted octanol–water partition coefficient (Wildman–Crippen LogP) is -3.04. The summed E-state index contributed by atoms with van der Waals surface area (Å²) in [4.78, 5) is 18.0. The molecule has 3 rings (SSSR count). The number of nitrogens with zero attached hydrogens (tertiary/aromatic N) is 2. The van der Waals surface area contributed by atoms with Crippen molar-refractivity contribution in [2.75, 3.05) is 12.3 Å². The van der Waals surface area contributed by atoms with Gasteiger partial charge in [-0.1, -0.05) is 0 Å². The summed E-state index contributed by atoms with van der Waals surface area (Å²) in [5.74, 6) is -0.0723. The van der Waals surface area contributed by atoms with Gasteiger partial charge in [-0.2, -0.15) is 5.10 Å². The molecule has 1 aliphatic heterocycles. The molecule has 10 heteroatoms. The number of hydrogen-bond acceptors (Lipinski definition) is 8. The number of aromatic nitrogens is 4. The molecule has 8 N–H and O–H groups in total. The standard InChI is InChI=1S/C10H14N6O4/c11-10-13-3-4(15-16-6(3)9(20)14-10)5-8(19)7(18)2(1-17)12-5/h2,5,7-8,12,17-19H,1H2,(H,15,16)(H3,11,13,14,20)/t2-,5+,7+,8-/m1/s1. The van der Waals surface area contributed by atoms with Crippen molar-refractivity contribution in [2.24, 2.45) is 0 Å². The van der Waals surface area contributed by atoms with Crippen molar-refractivity contribution in [1.29, 1.82) is 0 Å². The van der Waals surface area contributed by atoms with Gasteiger partial charge in [-0.15, -0.1) is 0 Å². The SMILES string of the molecule is Nc1nc2c([C@@H]3N[C@H](CO)[C@H](O)[C@@H]3O)[nH]nc2c(=O)[nH]1. The molecule has 0 saturated carbocycles. The fourth-order valence-corrected chi connectivity index (χ4v) is 2.44. The summed E-state index contributed by atoms with van der Waals surface area (Å²) in [6, 6.07) is -1.41. The molecule has 0 aromatic carbocycles. The van der Waals surface area contributed by atoms with Gasteiger partial charge in [0, 0.05) is 0 Å². The number of fused-ring (bicyclic) bond motifs is 1. The van der Waals surface area contributed by atoms with E-state index in [2.05, 4.69) is 25.5 Å². The summed E-state index contributed by atoms with van der Waals surface area (Å²) in [5.41, 5.74) is 5.60. The Morgan fingerprint density at radius 1 is 1.25 bits per heavy atom. The van der Waals surface area contributed by atoms with Crippen molar-refractivity contribution in [3.05, 3.63) is 16.0 Å². The van der Waals surface area contributed by atoms with Gasteiger partial charge in [0.1, 0.15) is 11.6 Å². The molecule has 108 valence electrons. The fourth-order valence-electron chi connectivity index (χ4n) is 2.44. The van der Waals surface area contributed by atoms with Gasteiger partial charge in [0.05, 0.1) is 30.5 Å². The highest BCUT2D eigenvalue weighted by atomic mass is 16.3. The molecule has 0 aliphatic carbocycles. The minimum atomic E-state index is -1.17. The van der Waals surface area contributed by atoms with Crippen molar-refractivity contribution < 1.29 is 15.3 Å². The molecule has 4 atom stereocenters. The maximum Gasteiger partial charge on any atom is 0.280 e. The Bertz CT molecular complexity index is 697. The van der Waals surface area contributed by atoms with E-state index in [4.69, 9.17) is 10.8 Å². The van der Waals surface area contributed by atoms with E-state index in [1.54, 1.807) is 0 Å². The Labute approximate surface area is 111 Å². The predicted molar refractivity (Wildman–Crippen MR) is 67.7 cm³/mol. The number of aromatic amines is 2. The van der Waals surface area contributed by atoms with Gasteiger partial charge in [0.25, 0.3) is 5.56 Å². The topological polar surface area (TPSA) is 173 Å². The maximum atomic E-state index is 11.7. The number of aliphatic hydroxyl groups excluding tert-OH is 3. The van der Waals surface area contributed by atoms with Crippen LogP contribution < -0.4 is 16.6 Å². The molecule has 3 heterocycles. The van der Waals surface area contributed by atoms with Crippen LogP contribution in [0.2, 0.25) is 0 Å². The van der Waals surface area contributed by atoms with E-state index in [-0.39, 0.29) is 23.6 Å². The highest BCUT2D eigenvalue weighted by molar-refractivity contribution is 5.77. The molecular formula is C10H14N6O4.